The number of carbonyl (C=O) groups excluding carboxylic acids is 2. The first-order valence-corrected chi connectivity index (χ1v) is 12.6. The number of para-hydroxylation sites is 1. The van der Waals surface area contributed by atoms with Gasteiger partial charge in [0.2, 0.25) is 0 Å². The summed E-state index contributed by atoms with van der Waals surface area (Å²) in [6.07, 6.45) is 10.4. The van der Waals surface area contributed by atoms with Crippen molar-refractivity contribution in [2.45, 2.75) is 71.6 Å². The van der Waals surface area contributed by atoms with E-state index in [1.807, 2.05) is 43.3 Å². The molecule has 0 spiro atoms. The van der Waals surface area contributed by atoms with Crippen molar-refractivity contribution in [3.05, 3.63) is 70.9 Å². The molecule has 33 heavy (non-hydrogen) atoms. The third kappa shape index (κ3) is 5.05. The summed E-state index contributed by atoms with van der Waals surface area (Å²) in [6, 6.07) is 16.2. The molecule has 174 valence electrons. The fourth-order valence-corrected chi connectivity index (χ4v) is 4.97. The Kier molecular flexibility index (Phi) is 7.64. The Labute approximate surface area is 198 Å². The van der Waals surface area contributed by atoms with Gasteiger partial charge in [-0.3, -0.25) is 14.5 Å². The first kappa shape index (κ1) is 23.3. The number of anilines is 1. The smallest absolute Gasteiger partial charge is 0.278 e. The second-order valence-corrected chi connectivity index (χ2v) is 9.36. The molecule has 0 N–H and O–H groups in total. The topological polar surface area (TPSA) is 40.6 Å². The molecule has 2 amide bonds. The maximum absolute atomic E-state index is 13.6. The van der Waals surface area contributed by atoms with E-state index in [9.17, 15) is 9.59 Å². The van der Waals surface area contributed by atoms with Crippen LogP contribution in [0.1, 0.15) is 75.0 Å². The van der Waals surface area contributed by atoms with Crippen LogP contribution in [-0.4, -0.2) is 29.8 Å². The first-order valence-electron chi connectivity index (χ1n) is 12.6. The zero-order chi connectivity index (χ0) is 23.2. The minimum atomic E-state index is -0.147. The van der Waals surface area contributed by atoms with Gasteiger partial charge in [0.15, 0.2) is 0 Å². The lowest BCUT2D eigenvalue weighted by molar-refractivity contribution is -0.136. The van der Waals surface area contributed by atoms with E-state index in [2.05, 4.69) is 24.0 Å². The molecule has 0 atom stereocenters. The van der Waals surface area contributed by atoms with Crippen molar-refractivity contribution in [3.8, 4) is 0 Å². The summed E-state index contributed by atoms with van der Waals surface area (Å²) in [5.74, 6) is -0.290. The Morgan fingerprint density at radius 3 is 2.18 bits per heavy atom. The van der Waals surface area contributed by atoms with Gasteiger partial charge in [-0.05, 0) is 37.0 Å². The molecular weight excluding hydrogens is 408 g/mol. The number of carbonyl (C=O) groups is 2. The third-order valence-electron chi connectivity index (χ3n) is 6.88. The van der Waals surface area contributed by atoms with E-state index in [0.29, 0.717) is 17.8 Å². The Hall–Kier alpha value is -2.88. The summed E-state index contributed by atoms with van der Waals surface area (Å²) < 4.78 is 0. The Morgan fingerprint density at radius 2 is 1.45 bits per heavy atom. The van der Waals surface area contributed by atoms with E-state index in [4.69, 9.17) is 0 Å². The summed E-state index contributed by atoms with van der Waals surface area (Å²) in [4.78, 5) is 30.7. The molecule has 0 saturated heterocycles. The monoisotopic (exact) mass is 444 g/mol. The molecule has 0 aromatic heterocycles. The highest BCUT2D eigenvalue weighted by Crippen LogP contribution is 2.38. The third-order valence-corrected chi connectivity index (χ3v) is 6.88. The van der Waals surface area contributed by atoms with Gasteiger partial charge in [-0.15, -0.1) is 0 Å². The number of nitrogens with zero attached hydrogens (tertiary/aromatic N) is 2. The minimum absolute atomic E-state index is 0.143. The summed E-state index contributed by atoms with van der Waals surface area (Å²) in [7, 11) is 0. The van der Waals surface area contributed by atoms with Crippen LogP contribution in [0.3, 0.4) is 0 Å². The van der Waals surface area contributed by atoms with Crippen LogP contribution in [0.15, 0.2) is 54.2 Å². The van der Waals surface area contributed by atoms with Crippen molar-refractivity contribution >= 4 is 23.1 Å². The predicted molar refractivity (Wildman–Crippen MR) is 135 cm³/mol. The molecule has 0 fully saturated rings. The van der Waals surface area contributed by atoms with Crippen molar-refractivity contribution < 1.29 is 9.59 Å². The van der Waals surface area contributed by atoms with Crippen molar-refractivity contribution in [2.24, 2.45) is 0 Å². The normalized spacial score (nSPS) is 15.7. The first-order chi connectivity index (χ1) is 16.1. The van der Waals surface area contributed by atoms with E-state index in [-0.39, 0.29) is 11.8 Å². The highest BCUT2D eigenvalue weighted by atomic mass is 16.2. The van der Waals surface area contributed by atoms with Gasteiger partial charge < -0.3 is 4.90 Å². The number of imide groups is 1. The zero-order valence-corrected chi connectivity index (χ0v) is 20.1. The molecular formula is C29H36N2O2. The number of unbranched alkanes of at least 4 members (excludes halogenated alkanes) is 7. The second-order valence-electron chi connectivity index (χ2n) is 9.36. The zero-order valence-electron chi connectivity index (χ0n) is 20.1. The Balaban J connectivity index is 1.51. The van der Waals surface area contributed by atoms with Crippen LogP contribution in [0, 0.1) is 6.92 Å². The summed E-state index contributed by atoms with van der Waals surface area (Å²) in [6.45, 7) is 5.50. The van der Waals surface area contributed by atoms with Crippen molar-refractivity contribution in [2.75, 3.05) is 18.0 Å². The molecule has 0 bridgehead atoms. The Morgan fingerprint density at radius 1 is 0.788 bits per heavy atom. The van der Waals surface area contributed by atoms with Crippen molar-refractivity contribution in [1.82, 2.24) is 4.90 Å². The van der Waals surface area contributed by atoms with Crippen LogP contribution >= 0.6 is 0 Å². The van der Waals surface area contributed by atoms with Gasteiger partial charge in [-0.25, -0.2) is 0 Å². The van der Waals surface area contributed by atoms with Gasteiger partial charge in [0.05, 0.1) is 5.57 Å². The standard InChI is InChI=1S/C29H36N2O2/c1-3-4-5-6-7-8-9-12-20-31-28(32)26(24-17-15-22(2)16-18-24)27(29(31)33)30-21-19-23-13-10-11-14-25(23)30/h10-11,13-18H,3-9,12,19-21H2,1-2H3. The van der Waals surface area contributed by atoms with Gasteiger partial charge >= 0.3 is 0 Å². The molecule has 4 rings (SSSR count). The number of benzene rings is 2. The molecule has 2 aliphatic rings. The van der Waals surface area contributed by atoms with Gasteiger partial charge in [-0.2, -0.15) is 0 Å². The molecule has 2 aromatic rings. The fourth-order valence-electron chi connectivity index (χ4n) is 4.97. The lowest BCUT2D eigenvalue weighted by atomic mass is 10.0. The Bertz CT molecular complexity index is 1020. The largest absolute Gasteiger partial charge is 0.336 e. The summed E-state index contributed by atoms with van der Waals surface area (Å²) in [5, 5.41) is 0. The van der Waals surface area contributed by atoms with Gasteiger partial charge in [-0.1, -0.05) is 99.9 Å². The van der Waals surface area contributed by atoms with Crippen molar-refractivity contribution in [1.29, 1.82) is 0 Å². The average Bonchev–Trinajstić information content (AvgIpc) is 3.35. The van der Waals surface area contributed by atoms with Crippen LogP contribution in [-0.2, 0) is 16.0 Å². The number of hydrogen-bond donors (Lipinski definition) is 0. The molecule has 0 unspecified atom stereocenters. The van der Waals surface area contributed by atoms with Gasteiger partial charge in [0.25, 0.3) is 11.8 Å². The van der Waals surface area contributed by atoms with E-state index in [1.165, 1.54) is 49.0 Å². The predicted octanol–water partition coefficient (Wildman–Crippen LogP) is 6.28. The van der Waals surface area contributed by atoms with Gasteiger partial charge in [0, 0.05) is 18.8 Å². The van der Waals surface area contributed by atoms with E-state index in [0.717, 1.165) is 42.6 Å². The quantitative estimate of drug-likeness (QED) is 0.303. The summed E-state index contributed by atoms with van der Waals surface area (Å²) >= 11 is 0. The molecule has 0 aliphatic carbocycles. The van der Waals surface area contributed by atoms with E-state index in [1.54, 1.807) is 0 Å². The number of rotatable bonds is 11. The van der Waals surface area contributed by atoms with Crippen LogP contribution in [0.25, 0.3) is 5.57 Å². The average molecular weight is 445 g/mol. The van der Waals surface area contributed by atoms with Gasteiger partial charge in [0.1, 0.15) is 5.70 Å². The number of amides is 2. The SMILES string of the molecule is CCCCCCCCCCN1C(=O)C(c2ccc(C)cc2)=C(N2CCc3ccccc32)C1=O. The fraction of sp³-hybridized carbons (Fsp3) is 0.448. The van der Waals surface area contributed by atoms with Crippen LogP contribution in [0.5, 0.6) is 0 Å². The molecule has 4 heteroatoms. The molecule has 2 heterocycles. The second kappa shape index (κ2) is 10.8. The number of hydrogen-bond acceptors (Lipinski definition) is 3. The van der Waals surface area contributed by atoms with E-state index >= 15 is 0 Å². The number of fused-ring (bicyclic) bond motifs is 1. The lowest BCUT2D eigenvalue weighted by Crippen LogP contribution is -2.35. The van der Waals surface area contributed by atoms with Crippen LogP contribution in [0.4, 0.5) is 5.69 Å². The number of aryl methyl sites for hydroxylation is 1. The maximum atomic E-state index is 13.6. The molecule has 2 aliphatic heterocycles. The highest BCUT2D eigenvalue weighted by molar-refractivity contribution is 6.36. The van der Waals surface area contributed by atoms with E-state index < -0.39 is 0 Å². The van der Waals surface area contributed by atoms with Crippen molar-refractivity contribution in [3.63, 3.8) is 0 Å². The minimum Gasteiger partial charge on any atom is -0.336 e. The van der Waals surface area contributed by atoms with Crippen LogP contribution < -0.4 is 4.90 Å². The molecule has 2 aromatic carbocycles. The van der Waals surface area contributed by atoms with Crippen LogP contribution in [0.2, 0.25) is 0 Å². The molecule has 0 radical (unpaired) electrons. The molecule has 0 saturated carbocycles. The highest BCUT2D eigenvalue weighted by Gasteiger charge is 2.42. The maximum Gasteiger partial charge on any atom is 0.278 e. The summed E-state index contributed by atoms with van der Waals surface area (Å²) in [5.41, 5.74) is 5.35. The lowest BCUT2D eigenvalue weighted by Gasteiger charge is -2.21. The molecule has 4 nitrogen and oxygen atoms in total.